The summed E-state index contributed by atoms with van der Waals surface area (Å²) in [5.74, 6) is -2.35. The molecule has 0 radical (unpaired) electrons. The van der Waals surface area contributed by atoms with E-state index < -0.39 is 40.3 Å². The molecule has 1 aromatic heterocycles. The lowest BCUT2D eigenvalue weighted by Gasteiger charge is -2.19. The molecule has 0 amide bonds. The number of ether oxygens (including phenoxy) is 2. The smallest absolute Gasteiger partial charge is 0.373 e. The van der Waals surface area contributed by atoms with Crippen molar-refractivity contribution < 1.29 is 24.3 Å². The molecule has 0 bridgehead atoms. The SMILES string of the molecule is CN(C)c1ccc(C#N)cc1Oc1nc(Oc2cccc(NC(=N)N)c2)nc(NC(CCCCN)C(=O)O)c1[N+](=O)[O-]. The quantitative estimate of drug-likeness (QED) is 0.0528. The summed E-state index contributed by atoms with van der Waals surface area (Å²) in [7, 11) is 3.43. The molecule has 0 aliphatic rings. The molecule has 220 valence electrons. The maximum absolute atomic E-state index is 12.3. The van der Waals surface area contributed by atoms with Gasteiger partial charge in [0, 0.05) is 31.9 Å². The fourth-order valence-corrected chi connectivity index (χ4v) is 3.75. The predicted molar refractivity (Wildman–Crippen MR) is 154 cm³/mol. The van der Waals surface area contributed by atoms with Gasteiger partial charge in [-0.3, -0.25) is 15.5 Å². The number of carbonyl (C=O) groups is 1. The topological polar surface area (TPSA) is 252 Å². The highest BCUT2D eigenvalue weighted by Crippen LogP contribution is 2.40. The van der Waals surface area contributed by atoms with Crippen LogP contribution in [0.25, 0.3) is 0 Å². The zero-order valence-corrected chi connectivity index (χ0v) is 22.8. The molecule has 16 nitrogen and oxygen atoms in total. The molecular weight excluding hydrogens is 548 g/mol. The van der Waals surface area contributed by atoms with Crippen molar-refractivity contribution >= 4 is 34.8 Å². The minimum atomic E-state index is -1.26. The summed E-state index contributed by atoms with van der Waals surface area (Å²) in [6.07, 6.45) is 1.09. The number of guanidine groups is 1. The second-order valence-corrected chi connectivity index (χ2v) is 9.04. The van der Waals surface area contributed by atoms with Crippen LogP contribution in [0, 0.1) is 26.9 Å². The maximum Gasteiger partial charge on any atom is 0.373 e. The van der Waals surface area contributed by atoms with Gasteiger partial charge in [-0.15, -0.1) is 0 Å². The molecule has 2 aromatic carbocycles. The Morgan fingerprint density at radius 1 is 1.24 bits per heavy atom. The van der Waals surface area contributed by atoms with Gasteiger partial charge in [0.2, 0.25) is 5.82 Å². The van der Waals surface area contributed by atoms with E-state index in [0.717, 1.165) is 0 Å². The fourth-order valence-electron chi connectivity index (χ4n) is 3.75. The molecule has 3 aromatic rings. The van der Waals surface area contributed by atoms with E-state index in [1.165, 1.54) is 18.2 Å². The van der Waals surface area contributed by atoms with Crippen molar-refractivity contribution in [1.29, 1.82) is 10.7 Å². The van der Waals surface area contributed by atoms with E-state index in [1.54, 1.807) is 43.3 Å². The fraction of sp³-hybridized carbons (Fsp3) is 0.269. The number of nitrogens with zero attached hydrogens (tertiary/aromatic N) is 5. The van der Waals surface area contributed by atoms with E-state index in [1.807, 2.05) is 6.07 Å². The Balaban J connectivity index is 2.16. The van der Waals surface area contributed by atoms with Gasteiger partial charge in [0.25, 0.3) is 0 Å². The van der Waals surface area contributed by atoms with Gasteiger partial charge in [0.05, 0.1) is 22.2 Å². The Bertz CT molecular complexity index is 1510. The predicted octanol–water partition coefficient (Wildman–Crippen LogP) is 3.21. The molecule has 16 heteroatoms. The highest BCUT2D eigenvalue weighted by molar-refractivity contribution is 5.89. The summed E-state index contributed by atoms with van der Waals surface area (Å²) in [5.41, 5.74) is 11.3. The van der Waals surface area contributed by atoms with Crippen LogP contribution in [-0.4, -0.2) is 58.6 Å². The first kappa shape index (κ1) is 30.8. The van der Waals surface area contributed by atoms with Crippen LogP contribution < -0.4 is 36.5 Å². The van der Waals surface area contributed by atoms with Crippen LogP contribution in [0.15, 0.2) is 42.5 Å². The third-order valence-electron chi connectivity index (χ3n) is 5.67. The molecule has 1 atom stereocenters. The highest BCUT2D eigenvalue weighted by atomic mass is 16.6. The van der Waals surface area contributed by atoms with Crippen LogP contribution in [-0.2, 0) is 4.79 Å². The van der Waals surface area contributed by atoms with Gasteiger partial charge in [0.1, 0.15) is 11.8 Å². The van der Waals surface area contributed by atoms with E-state index in [-0.39, 0.29) is 29.4 Å². The standard InChI is InChI=1S/C26H30N10O6/c1-35(2)19-10-9-15(14-28)12-20(19)42-23-21(36(39)40)22(32-18(24(37)38)8-3-4-11-27)33-26(34-23)41-17-7-5-6-16(13-17)31-25(29)30/h5-7,9-10,12-13,18H,3-4,8,11,27H2,1-2H3,(H,37,38)(H4,29,30,31)(H,32,33,34). The van der Waals surface area contributed by atoms with Gasteiger partial charge in [-0.1, -0.05) is 6.07 Å². The number of nitriles is 1. The second-order valence-electron chi connectivity index (χ2n) is 9.04. The molecule has 0 aliphatic carbocycles. The molecule has 3 rings (SSSR count). The van der Waals surface area contributed by atoms with Crippen molar-refractivity contribution in [1.82, 2.24) is 9.97 Å². The van der Waals surface area contributed by atoms with Gasteiger partial charge in [0.15, 0.2) is 11.7 Å². The summed E-state index contributed by atoms with van der Waals surface area (Å²) >= 11 is 0. The van der Waals surface area contributed by atoms with Crippen molar-refractivity contribution in [2.24, 2.45) is 11.5 Å². The van der Waals surface area contributed by atoms with Crippen LogP contribution in [0.4, 0.5) is 22.9 Å². The number of nitro groups is 1. The van der Waals surface area contributed by atoms with E-state index in [4.69, 9.17) is 26.4 Å². The first-order valence-corrected chi connectivity index (χ1v) is 12.6. The first-order chi connectivity index (χ1) is 20.0. The molecule has 0 aliphatic heterocycles. The summed E-state index contributed by atoms with van der Waals surface area (Å²) in [6.45, 7) is 0.351. The molecule has 42 heavy (non-hydrogen) atoms. The lowest BCUT2D eigenvalue weighted by atomic mass is 10.1. The van der Waals surface area contributed by atoms with E-state index in [9.17, 15) is 25.3 Å². The Hall–Kier alpha value is -5.69. The summed E-state index contributed by atoms with van der Waals surface area (Å²) in [4.78, 5) is 33.4. The second kappa shape index (κ2) is 14.1. The molecule has 0 fully saturated rings. The lowest BCUT2D eigenvalue weighted by Crippen LogP contribution is -2.30. The van der Waals surface area contributed by atoms with Gasteiger partial charge in [-0.2, -0.15) is 15.2 Å². The van der Waals surface area contributed by atoms with E-state index in [0.29, 0.717) is 30.8 Å². The van der Waals surface area contributed by atoms with Crippen molar-refractivity contribution in [3.8, 4) is 29.5 Å². The highest BCUT2D eigenvalue weighted by Gasteiger charge is 2.31. The van der Waals surface area contributed by atoms with Crippen LogP contribution in [0.5, 0.6) is 23.4 Å². The number of aromatic nitrogens is 2. The zero-order chi connectivity index (χ0) is 30.8. The number of hydrogen-bond donors (Lipinski definition) is 6. The molecule has 0 saturated carbocycles. The molecule has 1 unspecified atom stereocenters. The third-order valence-corrected chi connectivity index (χ3v) is 5.67. The normalized spacial score (nSPS) is 11.1. The molecule has 8 N–H and O–H groups in total. The number of nitrogens with one attached hydrogen (secondary N) is 3. The number of benzene rings is 2. The van der Waals surface area contributed by atoms with Gasteiger partial charge < -0.3 is 41.6 Å². The lowest BCUT2D eigenvalue weighted by molar-refractivity contribution is -0.385. The van der Waals surface area contributed by atoms with Crippen molar-refractivity contribution in [2.45, 2.75) is 25.3 Å². The Labute approximate surface area is 240 Å². The average Bonchev–Trinajstić information content (AvgIpc) is 2.91. The van der Waals surface area contributed by atoms with E-state index >= 15 is 0 Å². The monoisotopic (exact) mass is 578 g/mol. The van der Waals surface area contributed by atoms with E-state index in [2.05, 4.69) is 20.6 Å². The van der Waals surface area contributed by atoms with Crippen molar-refractivity contribution in [3.05, 3.63) is 58.1 Å². The van der Waals surface area contributed by atoms with Gasteiger partial charge in [-0.25, -0.2) is 4.79 Å². The van der Waals surface area contributed by atoms with Crippen LogP contribution in [0.1, 0.15) is 24.8 Å². The maximum atomic E-state index is 12.3. The minimum Gasteiger partial charge on any atom is -0.480 e. The summed E-state index contributed by atoms with van der Waals surface area (Å²) < 4.78 is 11.7. The first-order valence-electron chi connectivity index (χ1n) is 12.6. The van der Waals surface area contributed by atoms with Gasteiger partial charge >= 0.3 is 23.5 Å². The zero-order valence-electron chi connectivity index (χ0n) is 22.8. The van der Waals surface area contributed by atoms with Crippen LogP contribution in [0.2, 0.25) is 0 Å². The Morgan fingerprint density at radius 3 is 2.62 bits per heavy atom. The molecule has 1 heterocycles. The largest absolute Gasteiger partial charge is 0.480 e. The minimum absolute atomic E-state index is 0.0723. The number of rotatable bonds is 14. The van der Waals surface area contributed by atoms with Crippen LogP contribution in [0.3, 0.4) is 0 Å². The molecular formula is C26H30N10O6. The third kappa shape index (κ3) is 8.16. The number of unbranched alkanes of at least 4 members (excludes halogenated alkanes) is 1. The van der Waals surface area contributed by atoms with Crippen LogP contribution >= 0.6 is 0 Å². The molecule has 0 saturated heterocycles. The Morgan fingerprint density at radius 2 is 2.00 bits per heavy atom. The number of carboxylic acid groups (broad SMARTS) is 1. The number of nitrogens with two attached hydrogens (primary N) is 2. The average molecular weight is 579 g/mol. The number of carboxylic acids is 1. The number of anilines is 3. The summed E-state index contributed by atoms with van der Waals surface area (Å²) in [6, 6.07) is 11.1. The van der Waals surface area contributed by atoms with Crippen molar-refractivity contribution in [3.63, 3.8) is 0 Å². The Kier molecular flexibility index (Phi) is 10.3. The number of hydrogen-bond acceptors (Lipinski definition) is 12. The van der Waals surface area contributed by atoms with Gasteiger partial charge in [-0.05, 0) is 50.1 Å². The molecule has 0 spiro atoms. The number of aliphatic carboxylic acids is 1. The summed E-state index contributed by atoms with van der Waals surface area (Å²) in [5, 5.41) is 44.1. The van der Waals surface area contributed by atoms with Crippen molar-refractivity contribution in [2.75, 3.05) is 36.2 Å².